The summed E-state index contributed by atoms with van der Waals surface area (Å²) in [7, 11) is -0.324. The van der Waals surface area contributed by atoms with Crippen LogP contribution >= 0.6 is 0 Å². The average Bonchev–Trinajstić information content (AvgIpc) is 2.92. The molecule has 5 rings (SSSR count). The van der Waals surface area contributed by atoms with Gasteiger partial charge >= 0.3 is 7.12 Å². The maximum absolute atomic E-state index is 6.22. The van der Waals surface area contributed by atoms with E-state index in [2.05, 4.69) is 55.4 Å². The SMILES string of the molecule is CC1(C)OB(c2ccc3c(c2)nc2n3CCN(C3CCC3)CC2)OC1(C)C. The average molecular weight is 367 g/mol. The Labute approximate surface area is 162 Å². The maximum atomic E-state index is 6.22. The summed E-state index contributed by atoms with van der Waals surface area (Å²) in [4.78, 5) is 7.65. The number of benzene rings is 1. The van der Waals surface area contributed by atoms with E-state index in [4.69, 9.17) is 14.3 Å². The Balaban J connectivity index is 1.41. The molecule has 0 N–H and O–H groups in total. The van der Waals surface area contributed by atoms with Crippen LogP contribution in [0.25, 0.3) is 11.0 Å². The van der Waals surface area contributed by atoms with Gasteiger partial charge in [-0.25, -0.2) is 4.98 Å². The van der Waals surface area contributed by atoms with Gasteiger partial charge in [-0.05, 0) is 58.1 Å². The summed E-state index contributed by atoms with van der Waals surface area (Å²) in [6, 6.07) is 7.32. The van der Waals surface area contributed by atoms with Crippen molar-refractivity contribution in [3.05, 3.63) is 24.0 Å². The van der Waals surface area contributed by atoms with E-state index in [0.29, 0.717) is 0 Å². The van der Waals surface area contributed by atoms with Crippen molar-refractivity contribution in [2.24, 2.45) is 0 Å². The number of hydrogen-bond donors (Lipinski definition) is 0. The Morgan fingerprint density at radius 3 is 2.44 bits per heavy atom. The summed E-state index contributed by atoms with van der Waals surface area (Å²) in [6.07, 6.45) is 5.19. The van der Waals surface area contributed by atoms with Crippen molar-refractivity contribution in [1.82, 2.24) is 14.5 Å². The lowest BCUT2D eigenvalue weighted by molar-refractivity contribution is 0.00578. The van der Waals surface area contributed by atoms with E-state index in [1.165, 1.54) is 30.6 Å². The fourth-order valence-electron chi connectivity index (χ4n) is 4.46. The molecule has 6 heteroatoms. The molecule has 3 heterocycles. The normalized spacial score (nSPS) is 25.4. The first-order valence-corrected chi connectivity index (χ1v) is 10.4. The molecule has 0 atom stereocenters. The van der Waals surface area contributed by atoms with Crippen LogP contribution in [0.2, 0.25) is 0 Å². The Kier molecular flexibility index (Phi) is 3.98. The van der Waals surface area contributed by atoms with Crippen LogP contribution in [-0.4, -0.2) is 51.9 Å². The highest BCUT2D eigenvalue weighted by Crippen LogP contribution is 2.36. The van der Waals surface area contributed by atoms with Crippen molar-refractivity contribution in [1.29, 1.82) is 0 Å². The van der Waals surface area contributed by atoms with Gasteiger partial charge < -0.3 is 13.9 Å². The smallest absolute Gasteiger partial charge is 0.399 e. The Morgan fingerprint density at radius 2 is 1.78 bits per heavy atom. The summed E-state index contributed by atoms with van der Waals surface area (Å²) in [5.74, 6) is 1.22. The van der Waals surface area contributed by atoms with Crippen LogP contribution in [0.1, 0.15) is 52.8 Å². The molecule has 1 aliphatic carbocycles. The van der Waals surface area contributed by atoms with Gasteiger partial charge in [0.2, 0.25) is 0 Å². The highest BCUT2D eigenvalue weighted by atomic mass is 16.7. The van der Waals surface area contributed by atoms with Gasteiger partial charge in [0.25, 0.3) is 0 Å². The monoisotopic (exact) mass is 367 g/mol. The predicted octanol–water partition coefficient (Wildman–Crippen LogP) is 2.75. The van der Waals surface area contributed by atoms with E-state index in [-0.39, 0.29) is 18.3 Å². The van der Waals surface area contributed by atoms with Gasteiger partial charge in [0.1, 0.15) is 5.82 Å². The minimum atomic E-state index is -0.324. The first-order valence-electron chi connectivity index (χ1n) is 10.4. The summed E-state index contributed by atoms with van der Waals surface area (Å²) in [6.45, 7) is 11.7. The van der Waals surface area contributed by atoms with Gasteiger partial charge in [-0.15, -0.1) is 0 Å². The molecule has 1 aromatic carbocycles. The predicted molar refractivity (Wildman–Crippen MR) is 108 cm³/mol. The van der Waals surface area contributed by atoms with E-state index in [9.17, 15) is 0 Å². The first kappa shape index (κ1) is 17.7. The van der Waals surface area contributed by atoms with Crippen LogP contribution in [0.4, 0.5) is 0 Å². The molecule has 0 unspecified atom stereocenters. The molecule has 1 aromatic heterocycles. The lowest BCUT2D eigenvalue weighted by Gasteiger charge is -2.36. The zero-order valence-electron chi connectivity index (χ0n) is 17.0. The van der Waals surface area contributed by atoms with Crippen molar-refractivity contribution in [2.75, 3.05) is 13.1 Å². The summed E-state index contributed by atoms with van der Waals surface area (Å²) in [5.41, 5.74) is 2.73. The molecule has 0 spiro atoms. The van der Waals surface area contributed by atoms with Crippen molar-refractivity contribution < 1.29 is 9.31 Å². The quantitative estimate of drug-likeness (QED) is 0.766. The minimum Gasteiger partial charge on any atom is -0.399 e. The number of rotatable bonds is 2. The van der Waals surface area contributed by atoms with Crippen LogP contribution in [-0.2, 0) is 22.3 Å². The summed E-state index contributed by atoms with van der Waals surface area (Å²) in [5, 5.41) is 0. The fourth-order valence-corrected chi connectivity index (χ4v) is 4.46. The molecule has 1 saturated carbocycles. The highest BCUT2D eigenvalue weighted by molar-refractivity contribution is 6.62. The lowest BCUT2D eigenvalue weighted by atomic mass is 9.79. The van der Waals surface area contributed by atoms with Gasteiger partial charge in [0, 0.05) is 32.1 Å². The van der Waals surface area contributed by atoms with Crippen molar-refractivity contribution in [2.45, 2.75) is 77.2 Å². The van der Waals surface area contributed by atoms with E-state index >= 15 is 0 Å². The second kappa shape index (κ2) is 6.06. The number of nitrogens with zero attached hydrogens (tertiary/aromatic N) is 3. The van der Waals surface area contributed by atoms with Crippen molar-refractivity contribution >= 4 is 23.6 Å². The largest absolute Gasteiger partial charge is 0.494 e. The second-order valence-corrected chi connectivity index (χ2v) is 9.39. The molecule has 2 aliphatic heterocycles. The second-order valence-electron chi connectivity index (χ2n) is 9.39. The Hall–Kier alpha value is -1.37. The van der Waals surface area contributed by atoms with E-state index in [1.807, 2.05) is 0 Å². The maximum Gasteiger partial charge on any atom is 0.494 e. The van der Waals surface area contributed by atoms with Crippen molar-refractivity contribution in [3.8, 4) is 0 Å². The van der Waals surface area contributed by atoms with Crippen LogP contribution < -0.4 is 5.46 Å². The molecule has 27 heavy (non-hydrogen) atoms. The molecule has 144 valence electrons. The molecule has 5 nitrogen and oxygen atoms in total. The Bertz CT molecular complexity index is 856. The number of fused-ring (bicyclic) bond motifs is 3. The molecule has 0 bridgehead atoms. The molecular weight excluding hydrogens is 337 g/mol. The van der Waals surface area contributed by atoms with Gasteiger partial charge in [-0.3, -0.25) is 4.90 Å². The lowest BCUT2D eigenvalue weighted by Crippen LogP contribution is -2.41. The highest BCUT2D eigenvalue weighted by Gasteiger charge is 2.51. The van der Waals surface area contributed by atoms with Gasteiger partial charge in [0.05, 0.1) is 22.2 Å². The molecule has 1 saturated heterocycles. The topological polar surface area (TPSA) is 39.5 Å². The van der Waals surface area contributed by atoms with Crippen LogP contribution in [0, 0.1) is 0 Å². The van der Waals surface area contributed by atoms with Crippen LogP contribution in [0.15, 0.2) is 18.2 Å². The summed E-state index contributed by atoms with van der Waals surface area (Å²) < 4.78 is 14.9. The molecule has 2 fully saturated rings. The number of imidazole rings is 1. The van der Waals surface area contributed by atoms with Crippen LogP contribution in [0.5, 0.6) is 0 Å². The van der Waals surface area contributed by atoms with Gasteiger partial charge in [0.15, 0.2) is 0 Å². The Morgan fingerprint density at radius 1 is 1.04 bits per heavy atom. The molecule has 0 amide bonds. The van der Waals surface area contributed by atoms with E-state index in [0.717, 1.165) is 43.1 Å². The summed E-state index contributed by atoms with van der Waals surface area (Å²) >= 11 is 0. The molecule has 2 aromatic rings. The first-order chi connectivity index (χ1) is 12.8. The zero-order chi connectivity index (χ0) is 18.8. The zero-order valence-corrected chi connectivity index (χ0v) is 17.0. The van der Waals surface area contributed by atoms with E-state index < -0.39 is 0 Å². The third kappa shape index (κ3) is 2.84. The van der Waals surface area contributed by atoms with Crippen molar-refractivity contribution in [3.63, 3.8) is 0 Å². The third-order valence-corrected chi connectivity index (χ3v) is 7.20. The van der Waals surface area contributed by atoms with Gasteiger partial charge in [-0.1, -0.05) is 12.5 Å². The molecule has 0 radical (unpaired) electrons. The standard InChI is InChI=1S/C21H30BN3O2/c1-20(2)21(3,4)27-22(26-20)15-8-9-18-17(14-15)23-19-10-11-24(12-13-25(18)19)16-6-5-7-16/h8-9,14,16H,5-7,10-13H2,1-4H3. The fraction of sp³-hybridized carbons (Fsp3) is 0.667. The van der Waals surface area contributed by atoms with Gasteiger partial charge in [-0.2, -0.15) is 0 Å². The number of hydrogen-bond acceptors (Lipinski definition) is 4. The van der Waals surface area contributed by atoms with Crippen LogP contribution in [0.3, 0.4) is 0 Å². The van der Waals surface area contributed by atoms with E-state index in [1.54, 1.807) is 0 Å². The molecular formula is C21H30BN3O2. The minimum absolute atomic E-state index is 0.317. The number of aromatic nitrogens is 2. The molecule has 3 aliphatic rings. The third-order valence-electron chi connectivity index (χ3n) is 7.20.